The lowest BCUT2D eigenvalue weighted by atomic mass is 10.1. The third-order valence-electron chi connectivity index (χ3n) is 2.71. The van der Waals surface area contributed by atoms with Gasteiger partial charge in [0.05, 0.1) is 6.04 Å². The van der Waals surface area contributed by atoms with E-state index in [1.165, 1.54) is 6.07 Å². The van der Waals surface area contributed by atoms with Gasteiger partial charge in [0.2, 0.25) is 0 Å². The van der Waals surface area contributed by atoms with Gasteiger partial charge in [0.25, 0.3) is 0 Å². The predicted molar refractivity (Wildman–Crippen MR) is 71.2 cm³/mol. The minimum Gasteiger partial charge on any atom is -0.331 e. The summed E-state index contributed by atoms with van der Waals surface area (Å²) in [4.78, 5) is 15.6. The van der Waals surface area contributed by atoms with Crippen LogP contribution in [-0.4, -0.2) is 11.0 Å². The van der Waals surface area contributed by atoms with Gasteiger partial charge in [-0.05, 0) is 25.1 Å². The third kappa shape index (κ3) is 3.50. The first-order valence-corrected chi connectivity index (χ1v) is 5.99. The van der Waals surface area contributed by atoms with E-state index in [9.17, 15) is 13.6 Å². The van der Waals surface area contributed by atoms with Gasteiger partial charge in [-0.15, -0.1) is 0 Å². The second-order valence-corrected chi connectivity index (χ2v) is 4.22. The molecule has 20 heavy (non-hydrogen) atoms. The number of pyridine rings is 1. The van der Waals surface area contributed by atoms with E-state index in [1.807, 2.05) is 0 Å². The van der Waals surface area contributed by atoms with Crippen molar-refractivity contribution < 1.29 is 13.6 Å². The van der Waals surface area contributed by atoms with Gasteiger partial charge in [-0.3, -0.25) is 4.98 Å². The Labute approximate surface area is 114 Å². The Morgan fingerprint density at radius 3 is 2.55 bits per heavy atom. The smallest absolute Gasteiger partial charge is 0.319 e. The van der Waals surface area contributed by atoms with Gasteiger partial charge in [-0.25, -0.2) is 13.6 Å². The van der Waals surface area contributed by atoms with Crippen LogP contribution in [0, 0.1) is 11.6 Å². The zero-order valence-corrected chi connectivity index (χ0v) is 10.7. The summed E-state index contributed by atoms with van der Waals surface area (Å²) in [6, 6.07) is 5.43. The van der Waals surface area contributed by atoms with Gasteiger partial charge < -0.3 is 10.6 Å². The molecule has 1 aromatic carbocycles. The zero-order valence-electron chi connectivity index (χ0n) is 10.7. The summed E-state index contributed by atoms with van der Waals surface area (Å²) in [6.45, 7) is 1.61. The van der Waals surface area contributed by atoms with E-state index in [4.69, 9.17) is 0 Å². The quantitative estimate of drug-likeness (QED) is 0.904. The number of aromatic nitrogens is 1. The lowest BCUT2D eigenvalue weighted by molar-refractivity contribution is 0.249. The molecular weight excluding hydrogens is 264 g/mol. The molecule has 0 radical (unpaired) electrons. The Balaban J connectivity index is 2.00. The molecule has 0 bridgehead atoms. The molecule has 0 aliphatic rings. The fourth-order valence-corrected chi connectivity index (χ4v) is 1.73. The second-order valence-electron chi connectivity index (χ2n) is 4.22. The van der Waals surface area contributed by atoms with Crippen molar-refractivity contribution in [3.63, 3.8) is 0 Å². The molecule has 0 spiro atoms. The molecule has 1 aromatic heterocycles. The molecule has 0 aliphatic carbocycles. The maximum absolute atomic E-state index is 13.6. The standard InChI is InChI=1S/C14H13F2N3O/c1-9(12-3-2-10(15)8-13(12)16)18-14(20)19-11-4-6-17-7-5-11/h2-9H,1H3,(H2,17,18,19,20). The van der Waals surface area contributed by atoms with Crippen molar-refractivity contribution >= 4 is 11.7 Å². The summed E-state index contributed by atoms with van der Waals surface area (Å²) < 4.78 is 26.4. The van der Waals surface area contributed by atoms with Gasteiger partial charge in [0.15, 0.2) is 0 Å². The summed E-state index contributed by atoms with van der Waals surface area (Å²) in [5.74, 6) is -1.35. The fraction of sp³-hybridized carbons (Fsp3) is 0.143. The van der Waals surface area contributed by atoms with E-state index in [-0.39, 0.29) is 5.56 Å². The van der Waals surface area contributed by atoms with E-state index in [0.29, 0.717) is 5.69 Å². The molecule has 1 atom stereocenters. The molecule has 104 valence electrons. The first-order valence-electron chi connectivity index (χ1n) is 5.99. The molecule has 0 fully saturated rings. The number of carbonyl (C=O) groups excluding carboxylic acids is 1. The van der Waals surface area contributed by atoms with Crippen molar-refractivity contribution in [2.24, 2.45) is 0 Å². The largest absolute Gasteiger partial charge is 0.331 e. The topological polar surface area (TPSA) is 54.0 Å². The average molecular weight is 277 g/mol. The first kappa shape index (κ1) is 13.9. The number of rotatable bonds is 3. The Kier molecular flexibility index (Phi) is 4.24. The van der Waals surface area contributed by atoms with Crippen molar-refractivity contribution in [1.29, 1.82) is 0 Å². The average Bonchev–Trinajstić information content (AvgIpc) is 2.39. The Bertz CT molecular complexity index is 605. The molecule has 1 unspecified atom stereocenters. The van der Waals surface area contributed by atoms with Crippen LogP contribution in [0.3, 0.4) is 0 Å². The SMILES string of the molecule is CC(NC(=O)Nc1ccncc1)c1ccc(F)cc1F. The minimum absolute atomic E-state index is 0.219. The van der Waals surface area contributed by atoms with Crippen LogP contribution in [0.25, 0.3) is 0 Å². The number of urea groups is 1. The summed E-state index contributed by atoms with van der Waals surface area (Å²) in [5, 5.41) is 5.16. The molecule has 0 aliphatic heterocycles. The van der Waals surface area contributed by atoms with E-state index in [0.717, 1.165) is 12.1 Å². The van der Waals surface area contributed by atoms with Crippen LogP contribution in [0.1, 0.15) is 18.5 Å². The van der Waals surface area contributed by atoms with Gasteiger partial charge in [-0.1, -0.05) is 6.07 Å². The highest BCUT2D eigenvalue weighted by molar-refractivity contribution is 5.89. The summed E-state index contributed by atoms with van der Waals surface area (Å²) in [7, 11) is 0. The van der Waals surface area contributed by atoms with E-state index >= 15 is 0 Å². The van der Waals surface area contributed by atoms with Crippen molar-refractivity contribution in [2.45, 2.75) is 13.0 Å². The molecule has 4 nitrogen and oxygen atoms in total. The number of nitrogens with zero attached hydrogens (tertiary/aromatic N) is 1. The van der Waals surface area contributed by atoms with Crippen LogP contribution in [0.4, 0.5) is 19.3 Å². The highest BCUT2D eigenvalue weighted by Crippen LogP contribution is 2.17. The van der Waals surface area contributed by atoms with Gasteiger partial charge in [-0.2, -0.15) is 0 Å². The van der Waals surface area contributed by atoms with E-state index < -0.39 is 23.7 Å². The minimum atomic E-state index is -0.693. The monoisotopic (exact) mass is 277 g/mol. The number of nitrogens with one attached hydrogen (secondary N) is 2. The van der Waals surface area contributed by atoms with Crippen LogP contribution in [0.15, 0.2) is 42.7 Å². The van der Waals surface area contributed by atoms with Crippen molar-refractivity contribution in [1.82, 2.24) is 10.3 Å². The van der Waals surface area contributed by atoms with Crippen LogP contribution in [-0.2, 0) is 0 Å². The number of carbonyl (C=O) groups is 1. The lowest BCUT2D eigenvalue weighted by Gasteiger charge is -2.15. The highest BCUT2D eigenvalue weighted by Gasteiger charge is 2.14. The molecule has 2 amide bonds. The van der Waals surface area contributed by atoms with Gasteiger partial charge in [0, 0.05) is 29.7 Å². The molecule has 2 N–H and O–H groups in total. The Morgan fingerprint density at radius 2 is 1.90 bits per heavy atom. The maximum atomic E-state index is 13.6. The normalized spacial score (nSPS) is 11.8. The Hall–Kier alpha value is -2.50. The van der Waals surface area contributed by atoms with Gasteiger partial charge in [0.1, 0.15) is 11.6 Å². The summed E-state index contributed by atoms with van der Waals surface area (Å²) in [5.41, 5.74) is 0.792. The zero-order chi connectivity index (χ0) is 14.5. The molecule has 2 rings (SSSR count). The van der Waals surface area contributed by atoms with Crippen LogP contribution < -0.4 is 10.6 Å². The molecule has 1 heterocycles. The van der Waals surface area contributed by atoms with Crippen molar-refractivity contribution in [3.8, 4) is 0 Å². The Morgan fingerprint density at radius 1 is 1.20 bits per heavy atom. The lowest BCUT2D eigenvalue weighted by Crippen LogP contribution is -2.31. The summed E-state index contributed by atoms with van der Waals surface area (Å²) in [6.07, 6.45) is 3.08. The highest BCUT2D eigenvalue weighted by atomic mass is 19.1. The number of anilines is 1. The van der Waals surface area contributed by atoms with E-state index in [1.54, 1.807) is 31.5 Å². The molecule has 0 saturated heterocycles. The third-order valence-corrected chi connectivity index (χ3v) is 2.71. The van der Waals surface area contributed by atoms with Crippen LogP contribution in [0.2, 0.25) is 0 Å². The van der Waals surface area contributed by atoms with E-state index in [2.05, 4.69) is 15.6 Å². The van der Waals surface area contributed by atoms with Crippen LogP contribution >= 0.6 is 0 Å². The van der Waals surface area contributed by atoms with Crippen molar-refractivity contribution in [2.75, 3.05) is 5.32 Å². The number of hydrogen-bond acceptors (Lipinski definition) is 2. The number of hydrogen-bond donors (Lipinski definition) is 2. The number of benzene rings is 1. The second kappa shape index (κ2) is 6.10. The summed E-state index contributed by atoms with van der Waals surface area (Å²) >= 11 is 0. The fourth-order valence-electron chi connectivity index (χ4n) is 1.73. The molecular formula is C14H13F2N3O. The molecule has 0 saturated carbocycles. The van der Waals surface area contributed by atoms with Gasteiger partial charge >= 0.3 is 6.03 Å². The molecule has 2 aromatic rings. The predicted octanol–water partition coefficient (Wildman–Crippen LogP) is 3.24. The number of halogens is 2. The van der Waals surface area contributed by atoms with Crippen LogP contribution in [0.5, 0.6) is 0 Å². The maximum Gasteiger partial charge on any atom is 0.319 e. The van der Waals surface area contributed by atoms with Crippen molar-refractivity contribution in [3.05, 3.63) is 59.9 Å². The molecule has 6 heteroatoms. The number of amides is 2. The first-order chi connectivity index (χ1) is 9.56.